The molecule has 11 heavy (non-hydrogen) atoms. The normalized spacial score (nSPS) is 7.45. The van der Waals surface area contributed by atoms with Crippen molar-refractivity contribution < 1.29 is 65.7 Å². The van der Waals surface area contributed by atoms with Gasteiger partial charge in [-0.15, -0.1) is 0 Å². The molecule has 0 aromatic carbocycles. The SMILES string of the molecule is O=S(=O)([O-])[O-].O=[Si]([O-])[O-].[Fe+2].[Fe+2]. The summed E-state index contributed by atoms with van der Waals surface area (Å²) in [7, 11) is -8.80. The molecule has 0 radical (unpaired) electrons. The van der Waals surface area contributed by atoms with E-state index in [1.54, 1.807) is 0 Å². The third kappa shape index (κ3) is 2770. The molecular formula is Fe2O7SSi. The largest absolute Gasteiger partial charge is 2.00 e. The van der Waals surface area contributed by atoms with Crippen LogP contribution in [0.2, 0.25) is 0 Å². The average molecular weight is 284 g/mol. The van der Waals surface area contributed by atoms with Gasteiger partial charge < -0.3 is 23.2 Å². The van der Waals surface area contributed by atoms with Crippen LogP contribution in [0.15, 0.2) is 0 Å². The van der Waals surface area contributed by atoms with Crippen LogP contribution in [0.5, 0.6) is 0 Å². The van der Waals surface area contributed by atoms with Crippen molar-refractivity contribution in [3.8, 4) is 0 Å². The summed E-state index contributed by atoms with van der Waals surface area (Å²) in [5.74, 6) is 0. The first-order chi connectivity index (χ1) is 3.73. The van der Waals surface area contributed by atoms with Gasteiger partial charge in [-0.3, -0.25) is 8.42 Å². The molecule has 0 rings (SSSR count). The van der Waals surface area contributed by atoms with Gasteiger partial charge in [0.1, 0.15) is 0 Å². The maximum absolute atomic E-state index is 8.52. The second-order valence-electron chi connectivity index (χ2n) is 0.658. The molecule has 68 valence electrons. The van der Waals surface area contributed by atoms with Crippen molar-refractivity contribution >= 4 is 19.6 Å². The summed E-state index contributed by atoms with van der Waals surface area (Å²) in [6.07, 6.45) is 0. The van der Waals surface area contributed by atoms with Crippen molar-refractivity contribution in [2.75, 3.05) is 0 Å². The first kappa shape index (κ1) is 22.5. The molecule has 0 aromatic rings. The molecule has 0 aromatic heterocycles. The van der Waals surface area contributed by atoms with E-state index in [1.807, 2.05) is 0 Å². The molecule has 0 unspecified atom stereocenters. The maximum atomic E-state index is 8.52. The van der Waals surface area contributed by atoms with Gasteiger partial charge in [0.25, 0.3) is 0 Å². The summed E-state index contributed by atoms with van der Waals surface area (Å²) in [4.78, 5) is 17.0. The molecule has 0 spiro atoms. The molecule has 0 fully saturated rings. The van der Waals surface area contributed by atoms with Gasteiger partial charge >= 0.3 is 34.1 Å². The minimum Gasteiger partial charge on any atom is -0.759 e. The summed E-state index contributed by atoms with van der Waals surface area (Å²) in [5, 5.41) is 0. The Labute approximate surface area is 85.2 Å². The van der Waals surface area contributed by atoms with Gasteiger partial charge in [-0.1, -0.05) is 0 Å². The topological polar surface area (TPSA) is 143 Å². The summed E-state index contributed by atoms with van der Waals surface area (Å²) >= 11 is 0. The molecule has 0 aliphatic carbocycles. The molecule has 0 atom stereocenters. The Hall–Kier alpha value is 0.526. The molecule has 0 saturated heterocycles. The maximum Gasteiger partial charge on any atom is 2.00 e. The van der Waals surface area contributed by atoms with Crippen molar-refractivity contribution in [1.29, 1.82) is 0 Å². The average Bonchev–Trinajstić information content (AvgIpc) is 1.19. The Bertz CT molecular complexity index is 159. The second kappa shape index (κ2) is 10.5. The molecule has 0 N–H and O–H groups in total. The molecule has 7 nitrogen and oxygen atoms in total. The Morgan fingerprint density at radius 1 is 1.00 bits per heavy atom. The van der Waals surface area contributed by atoms with Crippen LogP contribution in [0, 0.1) is 0 Å². The zero-order valence-corrected chi connectivity index (χ0v) is 8.50. The molecule has 0 aliphatic rings. The van der Waals surface area contributed by atoms with Crippen LogP contribution in [0.3, 0.4) is 0 Å². The Balaban J connectivity index is -0.0000000383. The van der Waals surface area contributed by atoms with Gasteiger partial charge in [0.2, 0.25) is 0 Å². The molecule has 0 bridgehead atoms. The van der Waals surface area contributed by atoms with Crippen molar-refractivity contribution in [2.24, 2.45) is 0 Å². The van der Waals surface area contributed by atoms with Crippen LogP contribution in [0.1, 0.15) is 0 Å². The fourth-order valence-electron chi connectivity index (χ4n) is 0. The van der Waals surface area contributed by atoms with Crippen LogP contribution in [0.25, 0.3) is 0 Å². The van der Waals surface area contributed by atoms with Gasteiger partial charge in [-0.25, -0.2) is 0 Å². The van der Waals surface area contributed by atoms with Crippen molar-refractivity contribution in [1.82, 2.24) is 0 Å². The van der Waals surface area contributed by atoms with Gasteiger partial charge in [0.05, 0.1) is 0 Å². The summed E-state index contributed by atoms with van der Waals surface area (Å²) in [6.45, 7) is 0. The molecule has 0 aliphatic heterocycles. The van der Waals surface area contributed by atoms with E-state index in [1.165, 1.54) is 0 Å². The van der Waals surface area contributed by atoms with Crippen LogP contribution in [0.4, 0.5) is 0 Å². The van der Waals surface area contributed by atoms with Crippen LogP contribution >= 0.6 is 0 Å². The minimum absolute atomic E-state index is 0. The first-order valence-corrected chi connectivity index (χ1v) is 3.84. The van der Waals surface area contributed by atoms with Gasteiger partial charge in [0, 0.05) is 19.6 Å². The monoisotopic (exact) mass is 284 g/mol. The summed E-state index contributed by atoms with van der Waals surface area (Å²) in [5.41, 5.74) is 0. The van der Waals surface area contributed by atoms with E-state index in [4.69, 9.17) is 31.6 Å². The van der Waals surface area contributed by atoms with E-state index >= 15 is 0 Å². The van der Waals surface area contributed by atoms with Crippen LogP contribution in [-0.2, 0) is 49.0 Å². The standard InChI is InChI=1S/2Fe.H2O4S.O3Si/c;;1-5(2,3)4;1-4(2)3/h;;(H2,1,2,3,4);/q2*+2;;-2/p-2. The quantitative estimate of drug-likeness (QED) is 0.249. The first-order valence-electron chi connectivity index (χ1n) is 1.28. The molecule has 0 saturated carbocycles. The van der Waals surface area contributed by atoms with E-state index in [0.29, 0.717) is 0 Å². The Morgan fingerprint density at radius 3 is 1.00 bits per heavy atom. The van der Waals surface area contributed by atoms with E-state index in [2.05, 4.69) is 0 Å². The predicted molar refractivity (Wildman–Crippen MR) is 16.9 cm³/mol. The zero-order chi connectivity index (χ0) is 8.08. The van der Waals surface area contributed by atoms with Gasteiger partial charge in [0.15, 0.2) is 0 Å². The molecule has 11 heteroatoms. The van der Waals surface area contributed by atoms with Crippen LogP contribution < -0.4 is 9.59 Å². The fourth-order valence-corrected chi connectivity index (χ4v) is 0. The molecule has 0 amide bonds. The summed E-state index contributed by atoms with van der Waals surface area (Å²) < 4.78 is 42.6. The van der Waals surface area contributed by atoms with E-state index in [0.717, 1.165) is 0 Å². The molecular weight excluding hydrogens is 284 g/mol. The third-order valence-corrected chi connectivity index (χ3v) is 0. The third-order valence-electron chi connectivity index (χ3n) is 0. The van der Waals surface area contributed by atoms with Crippen molar-refractivity contribution in [3.05, 3.63) is 0 Å². The van der Waals surface area contributed by atoms with E-state index < -0.39 is 19.6 Å². The van der Waals surface area contributed by atoms with Gasteiger partial charge in [-0.2, -0.15) is 0 Å². The van der Waals surface area contributed by atoms with Crippen LogP contribution in [-0.4, -0.2) is 26.7 Å². The van der Waals surface area contributed by atoms with Crippen molar-refractivity contribution in [2.45, 2.75) is 0 Å². The predicted octanol–water partition coefficient (Wildman–Crippen LogP) is -4.22. The Kier molecular flexibility index (Phi) is 21.6. The number of hydrogen-bond acceptors (Lipinski definition) is 7. The molecule has 0 heterocycles. The zero-order valence-electron chi connectivity index (χ0n) is 4.47. The van der Waals surface area contributed by atoms with E-state index in [-0.39, 0.29) is 34.1 Å². The number of hydrogen-bond donors (Lipinski definition) is 0. The second-order valence-corrected chi connectivity index (χ2v) is 1.97. The van der Waals surface area contributed by atoms with Crippen molar-refractivity contribution in [3.63, 3.8) is 0 Å². The summed E-state index contributed by atoms with van der Waals surface area (Å²) in [6, 6.07) is 0. The van der Waals surface area contributed by atoms with Gasteiger partial charge in [-0.05, 0) is 0 Å². The minimum atomic E-state index is -5.17. The fraction of sp³-hybridized carbons (Fsp3) is 0. The smallest absolute Gasteiger partial charge is 0.759 e. The number of rotatable bonds is 0. The van der Waals surface area contributed by atoms with E-state index in [9.17, 15) is 0 Å². The Morgan fingerprint density at radius 2 is 1.00 bits per heavy atom.